The van der Waals surface area contributed by atoms with Crippen LogP contribution >= 0.6 is 12.2 Å². The van der Waals surface area contributed by atoms with E-state index in [1.54, 1.807) is 69.2 Å². The van der Waals surface area contributed by atoms with Gasteiger partial charge in [-0.25, -0.2) is 14.4 Å². The van der Waals surface area contributed by atoms with E-state index in [9.17, 15) is 19.5 Å². The fraction of sp³-hybridized carbons (Fsp3) is 0.711. The van der Waals surface area contributed by atoms with Gasteiger partial charge in [-0.15, -0.1) is 0 Å². The highest BCUT2D eigenvalue weighted by molar-refractivity contribution is 7.80. The molecule has 2 heterocycles. The highest BCUT2D eigenvalue weighted by atomic mass is 32.1. The van der Waals surface area contributed by atoms with Gasteiger partial charge in [0.25, 0.3) is 10.8 Å². The molecular formula is C45H69NO14S. The standard InChI is InChI=1S/C45H69NO14S/c1-26(2)46-38(61)54-33-32(55-42(15,16)52-17)43(24-23-27(3)31(53-29(5)47)28(4)25-30-21-19-18-20-22-30)56-34(35(48)57-39(6,7)8)44(51,36(49)58-40(9,10)11)45(33,60-43)37(50)59-41(12,13)14/h18-22,26,28,31-34,51H,3,23-25H2,1-2,4-17H3,(H,46,61)/t28?,31?,32-,33-,34-,43-,44-,45-/m1/s1. The number of thiocarbonyl (C=S) groups is 1. The van der Waals surface area contributed by atoms with Crippen molar-refractivity contribution in [1.29, 1.82) is 0 Å². The number of hydrogen-bond donors (Lipinski definition) is 2. The quantitative estimate of drug-likeness (QED) is 0.0630. The van der Waals surface area contributed by atoms with Gasteiger partial charge in [-0.1, -0.05) is 43.8 Å². The number of carbonyl (C=O) groups excluding carboxylic acids is 4. The van der Waals surface area contributed by atoms with Crippen molar-refractivity contribution in [2.45, 2.75) is 193 Å². The second-order valence-electron chi connectivity index (χ2n) is 19.6. The third-order valence-corrected chi connectivity index (χ3v) is 9.90. The molecule has 0 aliphatic carbocycles. The van der Waals surface area contributed by atoms with Crippen molar-refractivity contribution in [3.8, 4) is 0 Å². The summed E-state index contributed by atoms with van der Waals surface area (Å²) in [6.07, 6.45) is -6.62. The van der Waals surface area contributed by atoms with Crippen molar-refractivity contribution < 1.29 is 66.9 Å². The predicted molar refractivity (Wildman–Crippen MR) is 229 cm³/mol. The first-order valence-electron chi connectivity index (χ1n) is 20.6. The largest absolute Gasteiger partial charge is 0.461 e. The van der Waals surface area contributed by atoms with Gasteiger partial charge in [-0.05, 0) is 126 Å². The van der Waals surface area contributed by atoms with Crippen LogP contribution < -0.4 is 5.32 Å². The SMILES string of the molecule is C=C(CC[C@@]12O[C@H](C(=O)OC(C)(C)C)[C@@](O)(C(=O)OC(C)(C)C)[C@@](C(=O)OC(C)(C)C)(O1)[C@H](OC(=S)NC(C)C)[C@H]2OC(C)(C)OC)C(OC(C)=O)C(C)Cc1ccccc1. The summed E-state index contributed by atoms with van der Waals surface area (Å²) >= 11 is 5.65. The summed E-state index contributed by atoms with van der Waals surface area (Å²) in [5, 5.41) is 16.0. The molecule has 3 rings (SSSR count). The molecule has 2 fully saturated rings. The fourth-order valence-electron chi connectivity index (χ4n) is 7.19. The lowest BCUT2D eigenvalue weighted by Crippen LogP contribution is -2.79. The summed E-state index contributed by atoms with van der Waals surface area (Å²) in [7, 11) is 1.38. The van der Waals surface area contributed by atoms with E-state index in [1.165, 1.54) is 34.8 Å². The van der Waals surface area contributed by atoms with E-state index >= 15 is 4.79 Å². The molecular weight excluding hydrogens is 811 g/mol. The number of nitrogens with one attached hydrogen (secondary N) is 1. The number of rotatable bonds is 16. The van der Waals surface area contributed by atoms with Crippen molar-refractivity contribution in [2.75, 3.05) is 7.11 Å². The molecule has 0 amide bonds. The molecule has 0 saturated carbocycles. The molecule has 2 N–H and O–H groups in total. The third-order valence-electron chi connectivity index (χ3n) is 9.69. The number of aliphatic hydroxyl groups is 1. The molecule has 1 aromatic carbocycles. The Morgan fingerprint density at radius 1 is 0.869 bits per heavy atom. The van der Waals surface area contributed by atoms with Gasteiger partial charge in [0, 0.05) is 32.4 Å². The molecule has 2 saturated heterocycles. The Labute approximate surface area is 366 Å². The molecule has 344 valence electrons. The minimum Gasteiger partial charge on any atom is -0.461 e. The van der Waals surface area contributed by atoms with Gasteiger partial charge in [0.1, 0.15) is 22.9 Å². The number of methoxy groups -OCH3 is 1. The van der Waals surface area contributed by atoms with Gasteiger partial charge < -0.3 is 53.1 Å². The highest BCUT2D eigenvalue weighted by Gasteiger charge is 2.87. The number of benzene rings is 1. The Morgan fingerprint density at radius 2 is 1.41 bits per heavy atom. The van der Waals surface area contributed by atoms with Gasteiger partial charge in [-0.2, -0.15) is 0 Å². The lowest BCUT2D eigenvalue weighted by Gasteiger charge is -2.51. The number of carbonyl (C=O) groups is 4. The molecule has 2 aliphatic heterocycles. The van der Waals surface area contributed by atoms with Crippen LogP contribution in [0.2, 0.25) is 0 Å². The summed E-state index contributed by atoms with van der Waals surface area (Å²) in [6, 6.07) is 9.34. The Kier molecular flexibility index (Phi) is 16.1. The van der Waals surface area contributed by atoms with Crippen LogP contribution in [0.3, 0.4) is 0 Å². The summed E-state index contributed by atoms with van der Waals surface area (Å²) in [5.74, 6) is -8.72. The first-order chi connectivity index (χ1) is 27.7. The van der Waals surface area contributed by atoms with Crippen molar-refractivity contribution in [3.05, 3.63) is 48.0 Å². The monoisotopic (exact) mass is 879 g/mol. The molecule has 0 radical (unpaired) electrons. The molecule has 2 aliphatic rings. The second-order valence-corrected chi connectivity index (χ2v) is 19.9. The summed E-state index contributed by atoms with van der Waals surface area (Å²) in [6.45, 7) is 28.3. The van der Waals surface area contributed by atoms with Gasteiger partial charge in [0.2, 0.25) is 17.5 Å². The maximum atomic E-state index is 15.3. The van der Waals surface area contributed by atoms with E-state index < -0.39 is 87.9 Å². The first-order valence-corrected chi connectivity index (χ1v) is 21.0. The topological polar surface area (TPSA) is 184 Å². The molecule has 0 spiro atoms. The lowest BCUT2D eigenvalue weighted by atomic mass is 9.74. The fourth-order valence-corrected chi connectivity index (χ4v) is 7.53. The van der Waals surface area contributed by atoms with E-state index in [0.29, 0.717) is 12.0 Å². The van der Waals surface area contributed by atoms with E-state index in [-0.39, 0.29) is 30.0 Å². The smallest absolute Gasteiger partial charge is 0.347 e. The number of ether oxygens (including phenoxy) is 9. The Balaban J connectivity index is 2.47. The normalized spacial score (nSPS) is 26.4. The van der Waals surface area contributed by atoms with Crippen molar-refractivity contribution in [1.82, 2.24) is 5.32 Å². The Morgan fingerprint density at radius 3 is 1.90 bits per heavy atom. The molecule has 61 heavy (non-hydrogen) atoms. The second kappa shape index (κ2) is 19.0. The lowest BCUT2D eigenvalue weighted by molar-refractivity contribution is -0.387. The number of fused-ring (bicyclic) bond motifs is 2. The minimum absolute atomic E-state index is 0.0535. The van der Waals surface area contributed by atoms with Crippen molar-refractivity contribution >= 4 is 41.3 Å². The van der Waals surface area contributed by atoms with Gasteiger partial charge in [0.05, 0.1) is 0 Å². The summed E-state index contributed by atoms with van der Waals surface area (Å²) in [5.41, 5.74) is -8.83. The van der Waals surface area contributed by atoms with Crippen LogP contribution in [-0.4, -0.2) is 111 Å². The van der Waals surface area contributed by atoms with Gasteiger partial charge >= 0.3 is 23.9 Å². The maximum absolute atomic E-state index is 15.3. The van der Waals surface area contributed by atoms with Crippen LogP contribution in [0, 0.1) is 5.92 Å². The van der Waals surface area contributed by atoms with Crippen LogP contribution in [0.5, 0.6) is 0 Å². The predicted octanol–water partition coefficient (Wildman–Crippen LogP) is 6.19. The number of hydrogen-bond acceptors (Lipinski definition) is 15. The molecule has 1 aromatic rings. The van der Waals surface area contributed by atoms with E-state index in [4.69, 9.17) is 54.8 Å². The molecule has 16 heteroatoms. The maximum Gasteiger partial charge on any atom is 0.347 e. The van der Waals surface area contributed by atoms with Crippen LogP contribution in [0.1, 0.15) is 122 Å². The van der Waals surface area contributed by atoms with E-state index in [0.717, 1.165) is 5.56 Å². The third kappa shape index (κ3) is 12.5. The van der Waals surface area contributed by atoms with Crippen LogP contribution in [0.25, 0.3) is 0 Å². The van der Waals surface area contributed by atoms with Crippen LogP contribution in [0.15, 0.2) is 42.5 Å². The average molecular weight is 880 g/mol. The zero-order valence-corrected chi connectivity index (χ0v) is 39.7. The zero-order valence-electron chi connectivity index (χ0n) is 38.8. The molecule has 0 aromatic heterocycles. The molecule has 8 atom stereocenters. The van der Waals surface area contributed by atoms with Crippen LogP contribution in [-0.2, 0) is 68.2 Å². The zero-order chi connectivity index (χ0) is 46.7. The van der Waals surface area contributed by atoms with E-state index in [2.05, 4.69) is 11.9 Å². The first kappa shape index (κ1) is 51.7. The Hall–Kier alpha value is -3.67. The van der Waals surface area contributed by atoms with Gasteiger partial charge in [-0.3, -0.25) is 4.79 Å². The van der Waals surface area contributed by atoms with Gasteiger partial charge in [0.15, 0.2) is 18.0 Å². The van der Waals surface area contributed by atoms with E-state index in [1.807, 2.05) is 37.3 Å². The molecule has 2 bridgehead atoms. The summed E-state index contributed by atoms with van der Waals surface area (Å²) < 4.78 is 55.8. The minimum atomic E-state index is -3.41. The number of esters is 4. The Bertz CT molecular complexity index is 1760. The average Bonchev–Trinajstić information content (AvgIpc) is 3.31. The molecule has 2 unspecified atom stereocenters. The van der Waals surface area contributed by atoms with Crippen molar-refractivity contribution in [3.63, 3.8) is 0 Å². The van der Waals surface area contributed by atoms with Crippen LogP contribution in [0.4, 0.5) is 0 Å². The summed E-state index contributed by atoms with van der Waals surface area (Å²) in [4.78, 5) is 57.3. The molecule has 15 nitrogen and oxygen atoms in total. The highest BCUT2D eigenvalue weighted by Crippen LogP contribution is 2.58. The van der Waals surface area contributed by atoms with Crippen molar-refractivity contribution in [2.24, 2.45) is 5.92 Å².